The number of hydrogen-bond donors (Lipinski definition) is 0. The second kappa shape index (κ2) is 13.3. The van der Waals surface area contributed by atoms with Crippen molar-refractivity contribution in [3.8, 4) is 0 Å². The van der Waals surface area contributed by atoms with Crippen LogP contribution in [0.25, 0.3) is 0 Å². The molecule has 0 aromatic heterocycles. The lowest BCUT2D eigenvalue weighted by molar-refractivity contribution is -0.570. The Bertz CT molecular complexity index is 1650. The van der Waals surface area contributed by atoms with Crippen molar-refractivity contribution in [2.75, 3.05) is 6.61 Å². The normalized spacial score (nSPS) is 29.5. The number of ether oxygens (including phenoxy) is 4. The van der Waals surface area contributed by atoms with Gasteiger partial charge in [0, 0.05) is 0 Å². The highest BCUT2D eigenvalue weighted by molar-refractivity contribution is 5.84. The summed E-state index contributed by atoms with van der Waals surface area (Å²) in [5.74, 6) is -87.5. The van der Waals surface area contributed by atoms with Crippen molar-refractivity contribution < 1.29 is 169 Å². The Balaban J connectivity index is 2.75. The van der Waals surface area contributed by atoms with E-state index in [9.17, 15) is 150 Å². The first-order valence-corrected chi connectivity index (χ1v) is 13.4. The van der Waals surface area contributed by atoms with E-state index in [1.165, 1.54) is 9.47 Å². The molecule has 0 aliphatic heterocycles. The summed E-state index contributed by atoms with van der Waals surface area (Å²) in [7, 11) is 0. The molecule has 60 heavy (non-hydrogen) atoms. The van der Waals surface area contributed by atoms with Gasteiger partial charge in [-0.1, -0.05) is 0 Å². The summed E-state index contributed by atoms with van der Waals surface area (Å²) in [4.78, 5) is 23.3. The quantitative estimate of drug-likeness (QED) is 0.124. The van der Waals surface area contributed by atoms with Crippen molar-refractivity contribution in [2.24, 2.45) is 0 Å². The fourth-order valence-corrected chi connectivity index (χ4v) is 4.36. The van der Waals surface area contributed by atoms with Crippen LogP contribution in [-0.2, 0) is 28.5 Å². The van der Waals surface area contributed by atoms with Crippen molar-refractivity contribution in [3.05, 3.63) is 0 Å². The molecule has 0 spiro atoms. The third-order valence-electron chi connectivity index (χ3n) is 7.72. The third kappa shape index (κ3) is 6.83. The second-order valence-corrected chi connectivity index (χ2v) is 11.8. The van der Waals surface area contributed by atoms with Crippen LogP contribution >= 0.6 is 0 Å². The van der Waals surface area contributed by atoms with E-state index < -0.39 is 132 Å². The van der Waals surface area contributed by atoms with Crippen molar-refractivity contribution in [2.45, 2.75) is 114 Å². The molecule has 2 aliphatic rings. The number of rotatable bonds is 10. The van der Waals surface area contributed by atoms with Crippen LogP contribution in [0.5, 0.6) is 0 Å². The molecular formula is C22H6F32O6. The zero-order valence-corrected chi connectivity index (χ0v) is 26.2. The van der Waals surface area contributed by atoms with E-state index in [-0.39, 0.29) is 0 Å². The molecule has 4 atom stereocenters. The first kappa shape index (κ1) is 52.8. The van der Waals surface area contributed by atoms with E-state index >= 15 is 0 Å². The fourth-order valence-electron chi connectivity index (χ4n) is 4.36. The van der Waals surface area contributed by atoms with Gasteiger partial charge in [-0.05, 0) is 0 Å². The molecule has 2 fully saturated rings. The molecule has 4 unspecified atom stereocenters. The van der Waals surface area contributed by atoms with Crippen LogP contribution < -0.4 is 0 Å². The van der Waals surface area contributed by atoms with Gasteiger partial charge in [0.1, 0.15) is 0 Å². The minimum atomic E-state index is -8.97. The maximum atomic E-state index is 14.8. The van der Waals surface area contributed by atoms with Gasteiger partial charge in [-0.3, -0.25) is 9.47 Å². The molecular weight excluding hydrogens is 968 g/mol. The summed E-state index contributed by atoms with van der Waals surface area (Å²) in [6.45, 7) is -4.69. The van der Waals surface area contributed by atoms with E-state index in [2.05, 4.69) is 4.74 Å². The largest absolute Gasteiger partial charge is 0.478 e. The van der Waals surface area contributed by atoms with E-state index in [0.717, 1.165) is 0 Å². The Morgan fingerprint density at radius 1 is 0.433 bits per heavy atom. The van der Waals surface area contributed by atoms with E-state index in [4.69, 9.17) is 0 Å². The summed E-state index contributed by atoms with van der Waals surface area (Å²) >= 11 is 0. The molecule has 0 saturated heterocycles. The van der Waals surface area contributed by atoms with Gasteiger partial charge in [0.25, 0.3) is 5.67 Å². The summed E-state index contributed by atoms with van der Waals surface area (Å²) in [6.07, 6.45) is -42.9. The van der Waals surface area contributed by atoms with E-state index in [1.807, 2.05) is 0 Å². The predicted molar refractivity (Wildman–Crippen MR) is 110 cm³/mol. The zero-order chi connectivity index (χ0) is 48.6. The Kier molecular flexibility index (Phi) is 11.7. The van der Waals surface area contributed by atoms with Gasteiger partial charge in [0.05, 0.1) is 12.8 Å². The molecule has 0 radical (unpaired) electrons. The topological polar surface area (TPSA) is 71.1 Å². The minimum absolute atomic E-state index is 1.29. The van der Waals surface area contributed by atoms with Crippen LogP contribution in [0, 0.1) is 0 Å². The smallest absolute Gasteiger partial charge is 0.457 e. The van der Waals surface area contributed by atoms with Gasteiger partial charge in [-0.25, -0.2) is 18.4 Å². The molecule has 6 nitrogen and oxygen atoms in total. The maximum absolute atomic E-state index is 14.8. The summed E-state index contributed by atoms with van der Waals surface area (Å²) in [6, 6.07) is -8.64. The minimum Gasteiger partial charge on any atom is -0.457 e. The molecule has 0 N–H and O–H groups in total. The highest BCUT2D eigenvalue weighted by Crippen LogP contribution is 2.66. The summed E-state index contributed by atoms with van der Waals surface area (Å²) in [5.41, 5.74) is -15.2. The SMILES string of the molecule is O=C(OCC(F)(OC(F)(OC(F)(C(F)(F)F)C(F)(F)OC(=O)C1(F)C(F)(F)C(F)(F)CC(F)(F)C1(F)F)C(F)(F)F)C(F)(F)F)C1(F)CC(F)(F)C(F)(F)C(F)(F)C1(F)F. The van der Waals surface area contributed by atoms with E-state index in [1.54, 1.807) is 4.74 Å². The number of carbonyl (C=O) groups excluding carboxylic acids is 2. The lowest BCUT2D eigenvalue weighted by Gasteiger charge is -2.48. The van der Waals surface area contributed by atoms with Gasteiger partial charge >= 0.3 is 107 Å². The molecule has 0 aromatic rings. The monoisotopic (exact) mass is 974 g/mol. The molecule has 0 heterocycles. The molecule has 0 amide bonds. The highest BCUT2D eigenvalue weighted by atomic mass is 19.4. The Labute approximate surface area is 302 Å². The van der Waals surface area contributed by atoms with Crippen LogP contribution in [0.4, 0.5) is 140 Å². The molecule has 354 valence electrons. The summed E-state index contributed by atoms with van der Waals surface area (Å²) in [5, 5.41) is 0. The van der Waals surface area contributed by atoms with Gasteiger partial charge in [-0.15, -0.1) is 0 Å². The Hall–Kier alpha value is -3.38. The lowest BCUT2D eigenvalue weighted by atomic mass is 9.74. The molecule has 2 rings (SSSR count). The first-order valence-electron chi connectivity index (χ1n) is 13.4. The molecule has 38 heteroatoms. The molecule has 0 bridgehead atoms. The van der Waals surface area contributed by atoms with Gasteiger partial charge < -0.3 is 9.47 Å². The van der Waals surface area contributed by atoms with Gasteiger partial charge in [0.2, 0.25) is 0 Å². The Morgan fingerprint density at radius 3 is 1.17 bits per heavy atom. The molecule has 2 saturated carbocycles. The Morgan fingerprint density at radius 2 is 0.817 bits per heavy atom. The van der Waals surface area contributed by atoms with Crippen molar-refractivity contribution in [3.63, 3.8) is 0 Å². The number of alkyl halides is 32. The standard InChI is InChI=1S/C22H6F32O6/c23-6(1-7(24,25)15(38,39)16(40,41)12(6,32)33)4(55)57-3-10(30,18(43,44)45)59-22(54,20(49,50)51)60-17(42,19(46,47)48)21(52,53)58-5(56)11(31)13(34,35)8(26,27)2-9(28,29)14(11,36)37/h1-3H2. The van der Waals surface area contributed by atoms with Crippen LogP contribution in [-0.4, -0.2) is 120 Å². The van der Waals surface area contributed by atoms with Crippen LogP contribution in [0.2, 0.25) is 0 Å². The number of esters is 2. The lowest BCUT2D eigenvalue weighted by Crippen LogP contribution is -2.79. The van der Waals surface area contributed by atoms with Gasteiger partial charge in [0.15, 0.2) is 6.61 Å². The van der Waals surface area contributed by atoms with Crippen molar-refractivity contribution in [1.29, 1.82) is 0 Å². The van der Waals surface area contributed by atoms with Crippen LogP contribution in [0.15, 0.2) is 0 Å². The molecule has 0 aromatic carbocycles. The number of hydrogen-bond acceptors (Lipinski definition) is 6. The average molecular weight is 974 g/mol. The second-order valence-electron chi connectivity index (χ2n) is 11.8. The first-order chi connectivity index (χ1) is 25.6. The van der Waals surface area contributed by atoms with Crippen molar-refractivity contribution in [1.82, 2.24) is 0 Å². The molecule has 2 aliphatic carbocycles. The number of carbonyl (C=O) groups is 2. The van der Waals surface area contributed by atoms with Gasteiger partial charge in [-0.2, -0.15) is 132 Å². The third-order valence-corrected chi connectivity index (χ3v) is 7.72. The van der Waals surface area contributed by atoms with Crippen molar-refractivity contribution >= 4 is 11.9 Å². The van der Waals surface area contributed by atoms with Crippen LogP contribution in [0.1, 0.15) is 12.8 Å². The van der Waals surface area contributed by atoms with Crippen LogP contribution in [0.3, 0.4) is 0 Å². The average Bonchev–Trinajstić information content (AvgIpc) is 2.98. The maximum Gasteiger partial charge on any atom is 0.478 e. The number of halogens is 32. The zero-order valence-electron chi connectivity index (χ0n) is 26.2. The highest BCUT2D eigenvalue weighted by Gasteiger charge is 2.96. The summed E-state index contributed by atoms with van der Waals surface area (Å²) < 4.78 is 449. The van der Waals surface area contributed by atoms with E-state index in [0.29, 0.717) is 0 Å². The predicted octanol–water partition coefficient (Wildman–Crippen LogP) is 9.65. The fraction of sp³-hybridized carbons (Fsp3) is 0.909.